The lowest BCUT2D eigenvalue weighted by Gasteiger charge is -2.26. The predicted octanol–water partition coefficient (Wildman–Crippen LogP) is 2.96. The Labute approximate surface area is 202 Å². The lowest BCUT2D eigenvalue weighted by Crippen LogP contribution is -2.39. The van der Waals surface area contributed by atoms with Crippen LogP contribution in [0.3, 0.4) is 0 Å². The normalized spacial score (nSPS) is 14.5. The molecule has 1 aliphatic heterocycles. The second-order valence-electron chi connectivity index (χ2n) is 7.85. The Balaban J connectivity index is 1.36. The van der Waals surface area contributed by atoms with E-state index in [1.807, 2.05) is 12.1 Å². The van der Waals surface area contributed by atoms with E-state index in [4.69, 9.17) is 9.94 Å². The number of morpholine rings is 1. The van der Waals surface area contributed by atoms with E-state index in [-0.39, 0.29) is 0 Å². The molecule has 0 unspecified atom stereocenters. The van der Waals surface area contributed by atoms with Crippen LogP contribution >= 0.6 is 11.3 Å². The van der Waals surface area contributed by atoms with Crippen LogP contribution < -0.4 is 10.8 Å². The van der Waals surface area contributed by atoms with Crippen LogP contribution in [0.15, 0.2) is 65.4 Å². The number of hydroxylamine groups is 1. The molecule has 1 fully saturated rings. The highest BCUT2D eigenvalue weighted by Gasteiger charge is 2.23. The maximum Gasteiger partial charge on any atom is 0.270 e. The molecule has 1 aromatic heterocycles. The van der Waals surface area contributed by atoms with Gasteiger partial charge in [-0.05, 0) is 64.4 Å². The molecule has 1 saturated heterocycles. The van der Waals surface area contributed by atoms with Gasteiger partial charge in [-0.3, -0.25) is 19.7 Å². The Kier molecular flexibility index (Phi) is 8.07. The molecule has 2 heterocycles. The van der Waals surface area contributed by atoms with Crippen LogP contribution in [0.25, 0.3) is 0 Å². The second kappa shape index (κ2) is 11.6. The van der Waals surface area contributed by atoms with Gasteiger partial charge < -0.3 is 10.1 Å². The number of thiophene rings is 1. The highest BCUT2D eigenvalue weighted by atomic mass is 32.1. The molecule has 4 rings (SSSR count). The molecule has 8 heteroatoms. The van der Waals surface area contributed by atoms with Gasteiger partial charge in [0.1, 0.15) is 6.04 Å². The van der Waals surface area contributed by atoms with Gasteiger partial charge >= 0.3 is 0 Å². The number of carbonyl (C=O) groups is 2. The largest absolute Gasteiger partial charge is 0.379 e. The number of benzene rings is 2. The fourth-order valence-corrected chi connectivity index (χ4v) is 4.26. The molecular weight excluding hydrogens is 450 g/mol. The first kappa shape index (κ1) is 23.7. The zero-order valence-corrected chi connectivity index (χ0v) is 19.3. The van der Waals surface area contributed by atoms with Crippen LogP contribution in [0.4, 0.5) is 0 Å². The molecule has 2 amide bonds. The number of hydrogen-bond acceptors (Lipinski definition) is 6. The molecular formula is C26H25N3O4S. The van der Waals surface area contributed by atoms with Crippen molar-refractivity contribution >= 4 is 23.2 Å². The third kappa shape index (κ3) is 6.31. The molecule has 2 aromatic carbocycles. The monoisotopic (exact) mass is 475 g/mol. The smallest absolute Gasteiger partial charge is 0.270 e. The van der Waals surface area contributed by atoms with E-state index in [2.05, 4.69) is 34.2 Å². The van der Waals surface area contributed by atoms with E-state index in [0.717, 1.165) is 44.0 Å². The summed E-state index contributed by atoms with van der Waals surface area (Å²) in [4.78, 5) is 27.0. The van der Waals surface area contributed by atoms with Gasteiger partial charge in [-0.2, -0.15) is 11.3 Å². The van der Waals surface area contributed by atoms with E-state index in [1.165, 1.54) is 16.9 Å². The van der Waals surface area contributed by atoms with Gasteiger partial charge in [-0.25, -0.2) is 5.48 Å². The molecule has 7 nitrogen and oxygen atoms in total. The number of hydrogen-bond donors (Lipinski definition) is 3. The summed E-state index contributed by atoms with van der Waals surface area (Å²) < 4.78 is 5.39. The Morgan fingerprint density at radius 2 is 1.65 bits per heavy atom. The molecule has 0 radical (unpaired) electrons. The molecule has 3 N–H and O–H groups in total. The first-order valence-corrected chi connectivity index (χ1v) is 11.8. The third-order valence-electron chi connectivity index (χ3n) is 5.49. The first-order valence-electron chi connectivity index (χ1n) is 10.9. The van der Waals surface area contributed by atoms with Crippen molar-refractivity contribution in [2.75, 3.05) is 26.3 Å². The Bertz CT molecular complexity index is 1160. The maximum atomic E-state index is 12.6. The van der Waals surface area contributed by atoms with Crippen LogP contribution in [0.1, 0.15) is 38.7 Å². The molecule has 1 aliphatic rings. The number of rotatable bonds is 6. The molecule has 34 heavy (non-hydrogen) atoms. The highest BCUT2D eigenvalue weighted by Crippen LogP contribution is 2.17. The summed E-state index contributed by atoms with van der Waals surface area (Å²) in [6.07, 6.45) is 0. The second-order valence-corrected chi connectivity index (χ2v) is 8.63. The van der Waals surface area contributed by atoms with Crippen LogP contribution in [0, 0.1) is 11.8 Å². The van der Waals surface area contributed by atoms with E-state index < -0.39 is 17.9 Å². The van der Waals surface area contributed by atoms with E-state index in [1.54, 1.807) is 46.6 Å². The summed E-state index contributed by atoms with van der Waals surface area (Å²) >= 11 is 1.40. The number of nitrogens with zero attached hydrogens (tertiary/aromatic N) is 1. The van der Waals surface area contributed by atoms with E-state index in [0.29, 0.717) is 11.1 Å². The van der Waals surface area contributed by atoms with Crippen molar-refractivity contribution in [1.82, 2.24) is 15.7 Å². The molecule has 174 valence electrons. The Hall–Kier alpha value is -3.48. The SMILES string of the molecule is O=C(N[C@H](C(=O)NO)c1ccsc1)c1ccc(C#Cc2ccc(CN3CCOCC3)cc2)cc1. The van der Waals surface area contributed by atoms with Gasteiger partial charge in [-0.15, -0.1) is 0 Å². The summed E-state index contributed by atoms with van der Waals surface area (Å²) in [5.41, 5.74) is 5.53. The molecule has 0 bridgehead atoms. The summed E-state index contributed by atoms with van der Waals surface area (Å²) in [5.74, 6) is 5.14. The standard InChI is InChI=1S/C26H25N3O4S/c30-25(27-24(26(31)28-32)23-11-16-34-18-23)22-9-7-20(8-10-22)2-1-19-3-5-21(6-4-19)17-29-12-14-33-15-13-29/h3-11,16,18,24,32H,12-15,17H2,(H,27,30)(H,28,31)/t24-/m0/s1. The van der Waals surface area contributed by atoms with Crippen molar-refractivity contribution in [2.45, 2.75) is 12.6 Å². The Morgan fingerprint density at radius 1 is 1.00 bits per heavy atom. The summed E-state index contributed by atoms with van der Waals surface area (Å²) in [7, 11) is 0. The van der Waals surface area contributed by atoms with E-state index >= 15 is 0 Å². The molecule has 0 saturated carbocycles. The number of carbonyl (C=O) groups excluding carboxylic acids is 2. The van der Waals surface area contributed by atoms with Crippen molar-refractivity contribution in [3.05, 3.63) is 93.2 Å². The van der Waals surface area contributed by atoms with Crippen LogP contribution in [-0.2, 0) is 16.1 Å². The van der Waals surface area contributed by atoms with Gasteiger partial charge in [0, 0.05) is 36.3 Å². The van der Waals surface area contributed by atoms with E-state index in [9.17, 15) is 9.59 Å². The summed E-state index contributed by atoms with van der Waals surface area (Å²) in [6, 6.07) is 15.8. The minimum Gasteiger partial charge on any atom is -0.379 e. The summed E-state index contributed by atoms with van der Waals surface area (Å²) in [5, 5.41) is 15.2. The van der Waals surface area contributed by atoms with Gasteiger partial charge in [0.05, 0.1) is 13.2 Å². The van der Waals surface area contributed by atoms with Crippen molar-refractivity contribution in [3.63, 3.8) is 0 Å². The van der Waals surface area contributed by atoms with Gasteiger partial charge in [0.15, 0.2) is 0 Å². The molecule has 0 aliphatic carbocycles. The van der Waals surface area contributed by atoms with Gasteiger partial charge in [0.2, 0.25) is 0 Å². The average molecular weight is 476 g/mol. The number of ether oxygens (including phenoxy) is 1. The van der Waals surface area contributed by atoms with Crippen molar-refractivity contribution in [2.24, 2.45) is 0 Å². The van der Waals surface area contributed by atoms with Gasteiger partial charge in [0.25, 0.3) is 11.8 Å². The van der Waals surface area contributed by atoms with Crippen molar-refractivity contribution in [1.29, 1.82) is 0 Å². The third-order valence-corrected chi connectivity index (χ3v) is 6.19. The quantitative estimate of drug-likeness (QED) is 0.290. The molecule has 0 spiro atoms. The molecule has 3 aromatic rings. The fraction of sp³-hybridized carbons (Fsp3) is 0.231. The van der Waals surface area contributed by atoms with Crippen LogP contribution in [-0.4, -0.2) is 48.2 Å². The van der Waals surface area contributed by atoms with Crippen molar-refractivity contribution < 1.29 is 19.5 Å². The number of nitrogens with one attached hydrogen (secondary N) is 2. The Morgan fingerprint density at radius 3 is 2.24 bits per heavy atom. The minimum absolute atomic E-state index is 0.393. The minimum atomic E-state index is -0.977. The number of amides is 2. The first-order chi connectivity index (χ1) is 16.6. The average Bonchev–Trinajstić information content (AvgIpc) is 3.42. The zero-order valence-electron chi connectivity index (χ0n) is 18.5. The lowest BCUT2D eigenvalue weighted by atomic mass is 10.1. The maximum absolute atomic E-state index is 12.6. The topological polar surface area (TPSA) is 90.9 Å². The predicted molar refractivity (Wildman–Crippen MR) is 129 cm³/mol. The fourth-order valence-electron chi connectivity index (χ4n) is 3.58. The van der Waals surface area contributed by atoms with Gasteiger partial charge in [-0.1, -0.05) is 24.0 Å². The zero-order chi connectivity index (χ0) is 23.8. The van der Waals surface area contributed by atoms with Crippen LogP contribution in [0.2, 0.25) is 0 Å². The summed E-state index contributed by atoms with van der Waals surface area (Å²) in [6.45, 7) is 4.40. The lowest BCUT2D eigenvalue weighted by molar-refractivity contribution is -0.131. The van der Waals surface area contributed by atoms with Crippen LogP contribution in [0.5, 0.6) is 0 Å². The highest BCUT2D eigenvalue weighted by molar-refractivity contribution is 7.08. The molecule has 1 atom stereocenters. The van der Waals surface area contributed by atoms with Crippen molar-refractivity contribution in [3.8, 4) is 11.8 Å².